The van der Waals surface area contributed by atoms with Crippen molar-refractivity contribution in [2.24, 2.45) is 0 Å². The minimum absolute atomic E-state index is 0.168. The molecule has 0 radical (unpaired) electrons. The van der Waals surface area contributed by atoms with Crippen molar-refractivity contribution in [3.8, 4) is 28.7 Å². The van der Waals surface area contributed by atoms with Gasteiger partial charge in [-0.25, -0.2) is 4.79 Å². The number of imide groups is 1. The Kier molecular flexibility index (Phi) is 4.98. The molecule has 0 bridgehead atoms. The third-order valence-electron chi connectivity index (χ3n) is 5.99. The number of benzene rings is 3. The number of hydrogen-bond donors (Lipinski definition) is 1. The monoisotopic (exact) mass is 439 g/mol. The van der Waals surface area contributed by atoms with Crippen LogP contribution in [0.4, 0.5) is 4.79 Å². The Morgan fingerprint density at radius 3 is 2.52 bits per heavy atom. The van der Waals surface area contributed by atoms with Crippen molar-refractivity contribution in [1.82, 2.24) is 10.2 Å². The highest BCUT2D eigenvalue weighted by Crippen LogP contribution is 2.34. The Hall–Kier alpha value is -4.31. The molecule has 3 amide bonds. The van der Waals surface area contributed by atoms with E-state index in [1.165, 1.54) is 4.90 Å². The van der Waals surface area contributed by atoms with Crippen molar-refractivity contribution in [2.75, 3.05) is 6.79 Å². The predicted molar refractivity (Wildman–Crippen MR) is 120 cm³/mol. The Labute approximate surface area is 191 Å². The van der Waals surface area contributed by atoms with Gasteiger partial charge in [-0.2, -0.15) is 5.26 Å². The standard InChI is InChI=1S/C26H21N3O4/c1-26(13-18-8-11-22-23(12-18)33-16-32-22)24(30)29(25(31)28-26)15-17-6-9-19(10-7-17)21-5-3-2-4-20(21)14-27/h2-12H,13,15-16H2,1H3,(H,28,31). The molecule has 7 heteroatoms. The number of nitrogens with zero attached hydrogens (tertiary/aromatic N) is 2. The minimum Gasteiger partial charge on any atom is -0.454 e. The molecular formula is C26H21N3O4. The lowest BCUT2D eigenvalue weighted by Gasteiger charge is -2.22. The second kappa shape index (κ2) is 7.99. The Morgan fingerprint density at radius 1 is 1.00 bits per heavy atom. The zero-order valence-electron chi connectivity index (χ0n) is 18.0. The molecule has 1 atom stereocenters. The first kappa shape index (κ1) is 20.6. The van der Waals surface area contributed by atoms with Crippen LogP contribution in [0.5, 0.6) is 11.5 Å². The zero-order valence-corrected chi connectivity index (χ0v) is 18.0. The van der Waals surface area contributed by atoms with E-state index >= 15 is 0 Å². The van der Waals surface area contributed by atoms with Gasteiger partial charge in [-0.1, -0.05) is 48.5 Å². The lowest BCUT2D eigenvalue weighted by molar-refractivity contribution is -0.131. The number of carbonyl (C=O) groups is 2. The summed E-state index contributed by atoms with van der Waals surface area (Å²) in [5, 5.41) is 12.2. The molecule has 2 heterocycles. The number of carbonyl (C=O) groups excluding carboxylic acids is 2. The molecule has 2 aliphatic rings. The van der Waals surface area contributed by atoms with Gasteiger partial charge in [0.15, 0.2) is 11.5 Å². The number of nitriles is 1. The summed E-state index contributed by atoms with van der Waals surface area (Å²) in [7, 11) is 0. The summed E-state index contributed by atoms with van der Waals surface area (Å²) in [6, 6.07) is 22.2. The van der Waals surface area contributed by atoms with Crippen LogP contribution in [0, 0.1) is 11.3 Å². The van der Waals surface area contributed by atoms with Gasteiger partial charge in [-0.3, -0.25) is 9.69 Å². The van der Waals surface area contributed by atoms with Gasteiger partial charge in [-0.15, -0.1) is 0 Å². The Balaban J connectivity index is 1.32. The highest BCUT2D eigenvalue weighted by atomic mass is 16.7. The van der Waals surface area contributed by atoms with Gasteiger partial charge < -0.3 is 14.8 Å². The Morgan fingerprint density at radius 2 is 1.73 bits per heavy atom. The number of urea groups is 1. The van der Waals surface area contributed by atoms with Crippen LogP contribution in [-0.2, 0) is 17.8 Å². The average Bonchev–Trinajstić information content (AvgIpc) is 3.37. The molecule has 1 fully saturated rings. The van der Waals surface area contributed by atoms with Crippen molar-refractivity contribution < 1.29 is 19.1 Å². The van der Waals surface area contributed by atoms with Gasteiger partial charge in [0, 0.05) is 6.42 Å². The van der Waals surface area contributed by atoms with Gasteiger partial charge in [0.2, 0.25) is 6.79 Å². The zero-order chi connectivity index (χ0) is 23.0. The van der Waals surface area contributed by atoms with Crippen LogP contribution in [0.1, 0.15) is 23.6 Å². The number of rotatable bonds is 5. The third kappa shape index (κ3) is 3.76. The number of amides is 3. The quantitative estimate of drug-likeness (QED) is 0.607. The second-order valence-corrected chi connectivity index (χ2v) is 8.37. The van der Waals surface area contributed by atoms with Crippen LogP contribution < -0.4 is 14.8 Å². The maximum absolute atomic E-state index is 13.2. The molecule has 0 spiro atoms. The third-order valence-corrected chi connectivity index (χ3v) is 5.99. The van der Waals surface area contributed by atoms with Crippen molar-refractivity contribution in [3.63, 3.8) is 0 Å². The molecule has 0 saturated carbocycles. The molecule has 1 N–H and O–H groups in total. The van der Waals surface area contributed by atoms with E-state index in [0.29, 0.717) is 23.5 Å². The molecule has 1 saturated heterocycles. The largest absolute Gasteiger partial charge is 0.454 e. The number of fused-ring (bicyclic) bond motifs is 1. The smallest absolute Gasteiger partial charge is 0.325 e. The molecule has 0 aromatic heterocycles. The van der Waals surface area contributed by atoms with Gasteiger partial charge >= 0.3 is 6.03 Å². The maximum Gasteiger partial charge on any atom is 0.325 e. The lowest BCUT2D eigenvalue weighted by atomic mass is 9.92. The fourth-order valence-electron chi connectivity index (χ4n) is 4.27. The van der Waals surface area contributed by atoms with Crippen molar-refractivity contribution >= 4 is 11.9 Å². The SMILES string of the molecule is CC1(Cc2ccc3c(c2)OCO3)NC(=O)N(Cc2ccc(-c3ccccc3C#N)cc2)C1=O. The fourth-order valence-corrected chi connectivity index (χ4v) is 4.27. The molecule has 7 nitrogen and oxygen atoms in total. The van der Waals surface area contributed by atoms with E-state index in [0.717, 1.165) is 22.3 Å². The van der Waals surface area contributed by atoms with Gasteiger partial charge in [0.1, 0.15) is 5.54 Å². The van der Waals surface area contributed by atoms with Crippen LogP contribution in [0.2, 0.25) is 0 Å². The number of nitrogens with one attached hydrogen (secondary N) is 1. The van der Waals surface area contributed by atoms with Crippen LogP contribution in [0.25, 0.3) is 11.1 Å². The van der Waals surface area contributed by atoms with Gasteiger partial charge in [-0.05, 0) is 47.4 Å². The van der Waals surface area contributed by atoms with E-state index in [1.54, 1.807) is 13.0 Å². The summed E-state index contributed by atoms with van der Waals surface area (Å²) in [5.74, 6) is 1.04. The molecule has 0 aliphatic carbocycles. The molecule has 164 valence electrons. The van der Waals surface area contributed by atoms with Crippen LogP contribution in [-0.4, -0.2) is 29.2 Å². The van der Waals surface area contributed by atoms with E-state index in [1.807, 2.05) is 60.7 Å². The van der Waals surface area contributed by atoms with E-state index in [2.05, 4.69) is 11.4 Å². The van der Waals surface area contributed by atoms with Crippen molar-refractivity contribution in [3.05, 3.63) is 83.4 Å². The molecule has 3 aromatic rings. The van der Waals surface area contributed by atoms with E-state index < -0.39 is 11.6 Å². The Bertz CT molecular complexity index is 1300. The summed E-state index contributed by atoms with van der Waals surface area (Å²) in [6.45, 7) is 2.09. The topological polar surface area (TPSA) is 91.7 Å². The molecule has 5 rings (SSSR count). The van der Waals surface area contributed by atoms with Gasteiger partial charge in [0.25, 0.3) is 5.91 Å². The fraction of sp³-hybridized carbons (Fsp3) is 0.192. The molecule has 33 heavy (non-hydrogen) atoms. The number of ether oxygens (including phenoxy) is 2. The molecule has 3 aromatic carbocycles. The summed E-state index contributed by atoms with van der Waals surface area (Å²) in [4.78, 5) is 27.1. The summed E-state index contributed by atoms with van der Waals surface area (Å²) < 4.78 is 10.8. The second-order valence-electron chi connectivity index (χ2n) is 8.37. The molecular weight excluding hydrogens is 418 g/mol. The average molecular weight is 439 g/mol. The van der Waals surface area contributed by atoms with Crippen molar-refractivity contribution in [2.45, 2.75) is 25.4 Å². The van der Waals surface area contributed by atoms with E-state index in [9.17, 15) is 14.9 Å². The van der Waals surface area contributed by atoms with Crippen LogP contribution in [0.15, 0.2) is 66.7 Å². The minimum atomic E-state index is -1.05. The van der Waals surface area contributed by atoms with Gasteiger partial charge in [0.05, 0.1) is 18.2 Å². The summed E-state index contributed by atoms with van der Waals surface area (Å²) in [6.07, 6.45) is 0.342. The molecule has 2 aliphatic heterocycles. The van der Waals surface area contributed by atoms with E-state index in [4.69, 9.17) is 9.47 Å². The first-order valence-corrected chi connectivity index (χ1v) is 10.6. The highest BCUT2D eigenvalue weighted by Gasteiger charge is 2.47. The van der Waals surface area contributed by atoms with E-state index in [-0.39, 0.29) is 19.2 Å². The molecule has 1 unspecified atom stereocenters. The van der Waals surface area contributed by atoms with Crippen LogP contribution >= 0.6 is 0 Å². The van der Waals surface area contributed by atoms with Crippen molar-refractivity contribution in [1.29, 1.82) is 5.26 Å². The normalized spacial score (nSPS) is 18.8. The highest BCUT2D eigenvalue weighted by molar-refractivity contribution is 6.06. The summed E-state index contributed by atoms with van der Waals surface area (Å²) >= 11 is 0. The van der Waals surface area contributed by atoms with Crippen LogP contribution in [0.3, 0.4) is 0 Å². The maximum atomic E-state index is 13.2. The first-order valence-electron chi connectivity index (χ1n) is 10.6. The number of hydrogen-bond acceptors (Lipinski definition) is 5. The summed E-state index contributed by atoms with van der Waals surface area (Å²) in [5.41, 5.74) is 3.00. The lowest BCUT2D eigenvalue weighted by Crippen LogP contribution is -2.45. The predicted octanol–water partition coefficient (Wildman–Crippen LogP) is 4.01. The first-order chi connectivity index (χ1) is 16.0.